The highest BCUT2D eigenvalue weighted by atomic mass is 32.1. The van der Waals surface area contributed by atoms with Gasteiger partial charge in [0, 0.05) is 17.1 Å². The average molecular weight is 405 g/mol. The van der Waals surface area contributed by atoms with Gasteiger partial charge in [-0.05, 0) is 61.4 Å². The summed E-state index contributed by atoms with van der Waals surface area (Å²) in [5, 5.41) is 2.94. The maximum absolute atomic E-state index is 12.2. The first-order chi connectivity index (χ1) is 13.4. The normalized spacial score (nSPS) is 10.8. The van der Waals surface area contributed by atoms with Gasteiger partial charge in [-0.3, -0.25) is 10.1 Å². The Morgan fingerprint density at radius 2 is 1.79 bits per heavy atom. The zero-order valence-corrected chi connectivity index (χ0v) is 15.9. The van der Waals surface area contributed by atoms with Crippen LogP contribution < -0.4 is 14.8 Å². The molecule has 1 aromatic heterocycles. The van der Waals surface area contributed by atoms with Crippen LogP contribution in [0.5, 0.6) is 11.5 Å². The molecule has 0 saturated carbocycles. The molecule has 146 valence electrons. The van der Waals surface area contributed by atoms with Crippen molar-refractivity contribution in [1.82, 2.24) is 9.36 Å². The van der Waals surface area contributed by atoms with E-state index in [2.05, 4.69) is 19.4 Å². The summed E-state index contributed by atoms with van der Waals surface area (Å²) in [5.74, 6) is 0.685. The predicted octanol–water partition coefficient (Wildman–Crippen LogP) is 4.44. The van der Waals surface area contributed by atoms with Crippen LogP contribution in [-0.4, -0.2) is 28.5 Å². The predicted molar refractivity (Wildman–Crippen MR) is 102 cm³/mol. The Labute approximate surface area is 164 Å². The Balaban J connectivity index is 1.57. The molecular weight excluding hydrogens is 388 g/mol. The summed E-state index contributed by atoms with van der Waals surface area (Å²) in [7, 11) is 0. The van der Waals surface area contributed by atoms with Crippen LogP contribution in [0.2, 0.25) is 0 Å². The quantitative estimate of drug-likeness (QED) is 0.629. The molecule has 1 amide bonds. The second-order valence-corrected chi connectivity index (χ2v) is 6.74. The number of nitrogens with zero attached hydrogens (tertiary/aromatic N) is 2. The molecule has 3 rings (SSSR count). The first-order valence-electron chi connectivity index (χ1n) is 8.29. The van der Waals surface area contributed by atoms with Crippen LogP contribution in [0, 0.1) is 13.8 Å². The lowest BCUT2D eigenvalue weighted by molar-refractivity contribution is -0.118. The summed E-state index contributed by atoms with van der Waals surface area (Å²) in [6, 6.07) is 11.7. The molecule has 0 fully saturated rings. The maximum atomic E-state index is 12.2. The van der Waals surface area contributed by atoms with E-state index in [0.717, 1.165) is 22.7 Å². The standard InChI is InChI=1S/C19H17F2N3O3S/c1-11-7-12(2)9-15(8-11)26-10-16(25)22-19-23-17(24-28-19)13-3-5-14(6-4-13)27-18(20)21/h3-9,18H,10H2,1-2H3,(H,22,23,24,25). The molecule has 3 aromatic rings. The summed E-state index contributed by atoms with van der Waals surface area (Å²) < 4.78 is 38.3. The van der Waals surface area contributed by atoms with Gasteiger partial charge in [0.2, 0.25) is 5.13 Å². The topological polar surface area (TPSA) is 73.3 Å². The van der Waals surface area contributed by atoms with Crippen LogP contribution in [0.4, 0.5) is 13.9 Å². The van der Waals surface area contributed by atoms with Crippen LogP contribution in [-0.2, 0) is 4.79 Å². The van der Waals surface area contributed by atoms with Gasteiger partial charge in [0.15, 0.2) is 12.4 Å². The van der Waals surface area contributed by atoms with Crippen molar-refractivity contribution < 1.29 is 23.0 Å². The molecule has 0 unspecified atom stereocenters. The fraction of sp³-hybridized carbons (Fsp3) is 0.211. The van der Waals surface area contributed by atoms with Crippen molar-refractivity contribution in [2.45, 2.75) is 20.5 Å². The molecule has 0 aliphatic heterocycles. The van der Waals surface area contributed by atoms with E-state index >= 15 is 0 Å². The number of alkyl halides is 2. The lowest BCUT2D eigenvalue weighted by Crippen LogP contribution is -2.20. The first-order valence-corrected chi connectivity index (χ1v) is 9.06. The molecule has 0 radical (unpaired) electrons. The van der Waals surface area contributed by atoms with Crippen LogP contribution >= 0.6 is 11.5 Å². The number of rotatable bonds is 7. The molecule has 0 aliphatic carbocycles. The number of hydrogen-bond donors (Lipinski definition) is 1. The van der Waals surface area contributed by atoms with E-state index in [0.29, 0.717) is 22.3 Å². The molecule has 6 nitrogen and oxygen atoms in total. The lowest BCUT2D eigenvalue weighted by atomic mass is 10.1. The highest BCUT2D eigenvalue weighted by Gasteiger charge is 2.11. The number of aromatic nitrogens is 2. The minimum atomic E-state index is -2.88. The minimum Gasteiger partial charge on any atom is -0.484 e. The number of aryl methyl sites for hydroxylation is 2. The molecule has 1 N–H and O–H groups in total. The van der Waals surface area contributed by atoms with Gasteiger partial charge >= 0.3 is 6.61 Å². The van der Waals surface area contributed by atoms with Crippen molar-refractivity contribution in [3.8, 4) is 22.9 Å². The third kappa shape index (κ3) is 5.46. The van der Waals surface area contributed by atoms with E-state index in [1.54, 1.807) is 12.1 Å². The van der Waals surface area contributed by atoms with Crippen molar-refractivity contribution >= 4 is 22.6 Å². The van der Waals surface area contributed by atoms with Crippen LogP contribution in [0.3, 0.4) is 0 Å². The third-order valence-electron chi connectivity index (χ3n) is 3.58. The van der Waals surface area contributed by atoms with Gasteiger partial charge in [-0.2, -0.15) is 18.1 Å². The van der Waals surface area contributed by atoms with Crippen LogP contribution in [0.25, 0.3) is 11.4 Å². The Morgan fingerprint density at radius 3 is 2.43 bits per heavy atom. The number of amides is 1. The second kappa shape index (κ2) is 8.75. The summed E-state index contributed by atoms with van der Waals surface area (Å²) in [5.41, 5.74) is 2.72. The van der Waals surface area contributed by atoms with Crippen LogP contribution in [0.15, 0.2) is 42.5 Å². The SMILES string of the molecule is Cc1cc(C)cc(OCC(=O)Nc2nc(-c3ccc(OC(F)F)cc3)ns2)c1. The van der Waals surface area contributed by atoms with Gasteiger partial charge in [-0.1, -0.05) is 6.07 Å². The molecule has 9 heteroatoms. The lowest BCUT2D eigenvalue weighted by Gasteiger charge is -2.07. The summed E-state index contributed by atoms with van der Waals surface area (Å²) in [6.45, 7) is 0.872. The van der Waals surface area contributed by atoms with E-state index in [4.69, 9.17) is 4.74 Å². The smallest absolute Gasteiger partial charge is 0.387 e. The van der Waals surface area contributed by atoms with Crippen molar-refractivity contribution in [3.05, 3.63) is 53.6 Å². The van der Waals surface area contributed by atoms with E-state index in [-0.39, 0.29) is 18.3 Å². The Morgan fingerprint density at radius 1 is 1.11 bits per heavy atom. The van der Waals surface area contributed by atoms with E-state index in [1.807, 2.05) is 32.0 Å². The largest absolute Gasteiger partial charge is 0.484 e. The van der Waals surface area contributed by atoms with Crippen molar-refractivity contribution in [2.24, 2.45) is 0 Å². The molecule has 2 aromatic carbocycles. The molecule has 1 heterocycles. The minimum absolute atomic E-state index is 0.0473. The number of ether oxygens (including phenoxy) is 2. The molecule has 0 saturated heterocycles. The number of anilines is 1. The number of carbonyl (C=O) groups excluding carboxylic acids is 1. The van der Waals surface area contributed by atoms with Gasteiger partial charge in [0.05, 0.1) is 0 Å². The van der Waals surface area contributed by atoms with Gasteiger partial charge < -0.3 is 9.47 Å². The van der Waals surface area contributed by atoms with Gasteiger partial charge in [0.25, 0.3) is 5.91 Å². The van der Waals surface area contributed by atoms with Gasteiger partial charge in [-0.15, -0.1) is 0 Å². The van der Waals surface area contributed by atoms with E-state index in [9.17, 15) is 13.6 Å². The van der Waals surface area contributed by atoms with E-state index in [1.165, 1.54) is 12.1 Å². The Bertz CT molecular complexity index is 941. The highest BCUT2D eigenvalue weighted by Crippen LogP contribution is 2.24. The first kappa shape index (κ1) is 19.7. The van der Waals surface area contributed by atoms with Crippen molar-refractivity contribution in [2.75, 3.05) is 11.9 Å². The number of benzene rings is 2. The average Bonchev–Trinajstić information content (AvgIpc) is 3.08. The second-order valence-electron chi connectivity index (χ2n) is 5.99. The summed E-state index contributed by atoms with van der Waals surface area (Å²) >= 11 is 1.01. The molecule has 0 bridgehead atoms. The number of carbonyl (C=O) groups is 1. The Hall–Kier alpha value is -3.07. The summed E-state index contributed by atoms with van der Waals surface area (Å²) in [4.78, 5) is 16.3. The molecular formula is C19H17F2N3O3S. The molecule has 0 aliphatic rings. The third-order valence-corrected chi connectivity index (χ3v) is 4.21. The fourth-order valence-corrected chi connectivity index (χ4v) is 3.10. The maximum Gasteiger partial charge on any atom is 0.387 e. The van der Waals surface area contributed by atoms with Gasteiger partial charge in [0.1, 0.15) is 11.5 Å². The zero-order valence-electron chi connectivity index (χ0n) is 15.1. The van der Waals surface area contributed by atoms with Crippen molar-refractivity contribution in [1.29, 1.82) is 0 Å². The molecule has 28 heavy (non-hydrogen) atoms. The monoisotopic (exact) mass is 405 g/mol. The zero-order chi connectivity index (χ0) is 20.1. The summed E-state index contributed by atoms with van der Waals surface area (Å²) in [6.07, 6.45) is 0. The van der Waals surface area contributed by atoms with E-state index < -0.39 is 6.61 Å². The number of hydrogen-bond acceptors (Lipinski definition) is 6. The van der Waals surface area contributed by atoms with Crippen LogP contribution in [0.1, 0.15) is 11.1 Å². The van der Waals surface area contributed by atoms with Gasteiger partial charge in [-0.25, -0.2) is 0 Å². The highest BCUT2D eigenvalue weighted by molar-refractivity contribution is 7.10. The molecule has 0 atom stereocenters. The number of nitrogens with one attached hydrogen (secondary N) is 1. The molecule has 0 spiro atoms. The Kier molecular flexibility index (Phi) is 6.15. The van der Waals surface area contributed by atoms with Crippen molar-refractivity contribution in [3.63, 3.8) is 0 Å². The number of halogens is 2. The fourth-order valence-electron chi connectivity index (χ4n) is 2.50.